The van der Waals surface area contributed by atoms with E-state index in [9.17, 15) is 4.79 Å². The molecule has 1 aliphatic rings. The Morgan fingerprint density at radius 2 is 2.12 bits per heavy atom. The van der Waals surface area contributed by atoms with Crippen LogP contribution in [0.1, 0.15) is 27.2 Å². The maximum atomic E-state index is 11.7. The molecule has 5 heteroatoms. The largest absolute Gasteiger partial charge is 0.444 e. The Morgan fingerprint density at radius 1 is 1.50 bits per heavy atom. The highest BCUT2D eigenvalue weighted by molar-refractivity contribution is 5.85. The molecule has 0 saturated carbocycles. The Bertz CT molecular complexity index is 229. The summed E-state index contributed by atoms with van der Waals surface area (Å²) >= 11 is 0. The van der Waals surface area contributed by atoms with Crippen molar-refractivity contribution in [1.29, 1.82) is 0 Å². The Balaban J connectivity index is 0.00000225. The summed E-state index contributed by atoms with van der Waals surface area (Å²) in [7, 11) is 1.94. The third kappa shape index (κ3) is 5.03. The number of carbonyl (C=O) groups excluding carboxylic acids is 1. The summed E-state index contributed by atoms with van der Waals surface area (Å²) in [5, 5.41) is 3.14. The number of hydrogen-bond acceptors (Lipinski definition) is 3. The van der Waals surface area contributed by atoms with Crippen LogP contribution >= 0.6 is 12.4 Å². The van der Waals surface area contributed by atoms with Crippen molar-refractivity contribution in [2.45, 2.75) is 32.8 Å². The zero-order valence-corrected chi connectivity index (χ0v) is 11.4. The first-order valence-corrected chi connectivity index (χ1v) is 5.55. The van der Waals surface area contributed by atoms with Crippen molar-refractivity contribution in [3.63, 3.8) is 0 Å². The van der Waals surface area contributed by atoms with E-state index in [0.717, 1.165) is 26.1 Å². The molecule has 1 atom stereocenters. The molecule has 1 saturated heterocycles. The van der Waals surface area contributed by atoms with Crippen LogP contribution in [0, 0.1) is 5.92 Å². The van der Waals surface area contributed by atoms with Gasteiger partial charge in [0.25, 0.3) is 0 Å². The topological polar surface area (TPSA) is 41.6 Å². The normalized spacial score (nSPS) is 20.5. The van der Waals surface area contributed by atoms with Crippen LogP contribution in [0.2, 0.25) is 0 Å². The lowest BCUT2D eigenvalue weighted by Crippen LogP contribution is -2.36. The van der Waals surface area contributed by atoms with E-state index < -0.39 is 5.60 Å². The minimum Gasteiger partial charge on any atom is -0.444 e. The number of nitrogens with one attached hydrogen (secondary N) is 1. The molecule has 1 heterocycles. The predicted octanol–water partition coefficient (Wildman–Crippen LogP) is 1.88. The van der Waals surface area contributed by atoms with Crippen LogP contribution in [0.3, 0.4) is 0 Å². The standard InChI is InChI=1S/C11H22N2O2.ClH/c1-11(2,3)15-10(14)13-6-5-9(8-13)7-12-4;/h9,12H,5-8H2,1-4H3;1H. The fourth-order valence-electron chi connectivity index (χ4n) is 1.78. The van der Waals surface area contributed by atoms with Gasteiger partial charge in [0.2, 0.25) is 0 Å². The fourth-order valence-corrected chi connectivity index (χ4v) is 1.78. The van der Waals surface area contributed by atoms with Crippen molar-refractivity contribution in [2.75, 3.05) is 26.7 Å². The summed E-state index contributed by atoms with van der Waals surface area (Å²) < 4.78 is 5.31. The molecular formula is C11H23ClN2O2. The molecule has 0 aromatic carbocycles. The molecule has 1 N–H and O–H groups in total. The minimum atomic E-state index is -0.391. The molecule has 16 heavy (non-hydrogen) atoms. The Labute approximate surface area is 104 Å². The summed E-state index contributed by atoms with van der Waals surface area (Å²) in [6, 6.07) is 0. The maximum Gasteiger partial charge on any atom is 0.410 e. The molecule has 0 radical (unpaired) electrons. The second kappa shape index (κ2) is 6.30. The zero-order chi connectivity index (χ0) is 11.5. The molecule has 0 spiro atoms. The van der Waals surface area contributed by atoms with Crippen molar-refractivity contribution in [2.24, 2.45) is 5.92 Å². The van der Waals surface area contributed by atoms with Crippen LogP contribution in [-0.2, 0) is 4.74 Å². The van der Waals surface area contributed by atoms with E-state index in [1.54, 1.807) is 4.90 Å². The highest BCUT2D eigenvalue weighted by Crippen LogP contribution is 2.18. The van der Waals surface area contributed by atoms with Crippen LogP contribution in [0.5, 0.6) is 0 Å². The first-order valence-electron chi connectivity index (χ1n) is 5.55. The highest BCUT2D eigenvalue weighted by atomic mass is 35.5. The van der Waals surface area contributed by atoms with Crippen molar-refractivity contribution in [1.82, 2.24) is 10.2 Å². The van der Waals surface area contributed by atoms with Gasteiger partial charge in [-0.2, -0.15) is 0 Å². The van der Waals surface area contributed by atoms with Crippen LogP contribution in [0.15, 0.2) is 0 Å². The number of likely N-dealkylation sites (tertiary alicyclic amines) is 1. The van der Waals surface area contributed by atoms with Gasteiger partial charge in [0, 0.05) is 13.1 Å². The lowest BCUT2D eigenvalue weighted by atomic mass is 10.1. The molecule has 96 valence electrons. The molecule has 1 unspecified atom stereocenters. The first-order chi connectivity index (χ1) is 6.92. The van der Waals surface area contributed by atoms with E-state index in [4.69, 9.17) is 4.74 Å². The summed E-state index contributed by atoms with van der Waals surface area (Å²) in [5.74, 6) is 0.572. The average molecular weight is 251 g/mol. The van der Waals surface area contributed by atoms with Crippen molar-refractivity contribution >= 4 is 18.5 Å². The Morgan fingerprint density at radius 3 is 2.62 bits per heavy atom. The van der Waals surface area contributed by atoms with Crippen molar-refractivity contribution in [3.05, 3.63) is 0 Å². The van der Waals surface area contributed by atoms with Gasteiger partial charge in [-0.3, -0.25) is 0 Å². The third-order valence-electron chi connectivity index (χ3n) is 2.43. The monoisotopic (exact) mass is 250 g/mol. The van der Waals surface area contributed by atoms with E-state index in [2.05, 4.69) is 5.32 Å². The molecule has 0 aromatic heterocycles. The van der Waals surface area contributed by atoms with Gasteiger partial charge >= 0.3 is 6.09 Å². The van der Waals surface area contributed by atoms with Gasteiger partial charge in [0.1, 0.15) is 5.60 Å². The van der Waals surface area contributed by atoms with Gasteiger partial charge in [-0.15, -0.1) is 12.4 Å². The molecule has 0 aromatic rings. The molecule has 0 aliphatic carbocycles. The second-order valence-electron chi connectivity index (χ2n) is 5.14. The summed E-state index contributed by atoms with van der Waals surface area (Å²) in [6.07, 6.45) is 0.890. The Hall–Kier alpha value is -0.480. The number of rotatable bonds is 2. The van der Waals surface area contributed by atoms with E-state index >= 15 is 0 Å². The van der Waals surface area contributed by atoms with Gasteiger partial charge in [-0.1, -0.05) is 0 Å². The lowest BCUT2D eigenvalue weighted by molar-refractivity contribution is 0.0288. The van der Waals surface area contributed by atoms with Crippen molar-refractivity contribution < 1.29 is 9.53 Å². The highest BCUT2D eigenvalue weighted by Gasteiger charge is 2.29. The van der Waals surface area contributed by atoms with Crippen LogP contribution < -0.4 is 5.32 Å². The van der Waals surface area contributed by atoms with Crippen LogP contribution in [-0.4, -0.2) is 43.3 Å². The molecule has 1 amide bonds. The molecule has 4 nitrogen and oxygen atoms in total. The first kappa shape index (κ1) is 15.5. The fraction of sp³-hybridized carbons (Fsp3) is 0.909. The summed E-state index contributed by atoms with van der Waals surface area (Å²) in [5.41, 5.74) is -0.391. The number of amides is 1. The SMILES string of the molecule is CNCC1CCN(C(=O)OC(C)(C)C)C1.Cl. The van der Waals surface area contributed by atoms with E-state index in [1.165, 1.54) is 0 Å². The molecule has 1 fully saturated rings. The second-order valence-corrected chi connectivity index (χ2v) is 5.14. The van der Waals surface area contributed by atoms with Crippen LogP contribution in [0.4, 0.5) is 4.79 Å². The van der Waals surface area contributed by atoms with Gasteiger partial charge in [-0.05, 0) is 46.7 Å². The number of nitrogens with zero attached hydrogens (tertiary/aromatic N) is 1. The maximum absolute atomic E-state index is 11.7. The van der Waals surface area contributed by atoms with Crippen molar-refractivity contribution in [3.8, 4) is 0 Å². The molecule has 1 rings (SSSR count). The zero-order valence-electron chi connectivity index (χ0n) is 10.6. The summed E-state index contributed by atoms with van der Waals surface area (Å²) in [4.78, 5) is 13.5. The van der Waals surface area contributed by atoms with Gasteiger partial charge < -0.3 is 15.0 Å². The predicted molar refractivity (Wildman–Crippen MR) is 67.1 cm³/mol. The molecule has 0 bridgehead atoms. The number of halogens is 1. The average Bonchev–Trinajstić information content (AvgIpc) is 2.50. The smallest absolute Gasteiger partial charge is 0.410 e. The number of hydrogen-bond donors (Lipinski definition) is 1. The molecular weight excluding hydrogens is 228 g/mol. The molecule has 1 aliphatic heterocycles. The minimum absolute atomic E-state index is 0. The number of ether oxygens (including phenoxy) is 1. The van der Waals surface area contributed by atoms with E-state index in [1.807, 2.05) is 27.8 Å². The third-order valence-corrected chi connectivity index (χ3v) is 2.43. The van der Waals surface area contributed by atoms with E-state index in [0.29, 0.717) is 5.92 Å². The summed E-state index contributed by atoms with van der Waals surface area (Å²) in [6.45, 7) is 8.29. The van der Waals surface area contributed by atoms with E-state index in [-0.39, 0.29) is 18.5 Å². The number of carbonyl (C=O) groups is 1. The Kier molecular flexibility index (Phi) is 6.11. The van der Waals surface area contributed by atoms with Gasteiger partial charge in [0.05, 0.1) is 0 Å². The van der Waals surface area contributed by atoms with Crippen LogP contribution in [0.25, 0.3) is 0 Å². The van der Waals surface area contributed by atoms with Gasteiger partial charge in [-0.25, -0.2) is 4.79 Å². The quantitative estimate of drug-likeness (QED) is 0.814. The lowest BCUT2D eigenvalue weighted by Gasteiger charge is -2.24. The van der Waals surface area contributed by atoms with Gasteiger partial charge in [0.15, 0.2) is 0 Å².